The Labute approximate surface area is 116 Å². The number of rotatable bonds is 4. The predicted molar refractivity (Wildman–Crippen MR) is 77.1 cm³/mol. The van der Waals surface area contributed by atoms with Gasteiger partial charge in [-0.1, -0.05) is 28.1 Å². The lowest BCUT2D eigenvalue weighted by Crippen LogP contribution is -2.47. The number of nitrogens with zero attached hydrogens (tertiary/aromatic N) is 1. The molecule has 0 aliphatic rings. The van der Waals surface area contributed by atoms with Gasteiger partial charge in [0.25, 0.3) is 0 Å². The summed E-state index contributed by atoms with van der Waals surface area (Å²) >= 11 is 3.38. The maximum atomic E-state index is 11.9. The largest absolute Gasteiger partial charge is 0.394 e. The van der Waals surface area contributed by atoms with Crippen LogP contribution in [-0.2, 0) is 4.79 Å². The van der Waals surface area contributed by atoms with Crippen LogP contribution in [-0.4, -0.2) is 35.1 Å². The van der Waals surface area contributed by atoms with Crippen molar-refractivity contribution in [3.05, 3.63) is 40.4 Å². The summed E-state index contributed by atoms with van der Waals surface area (Å²) in [5.41, 5.74) is 0.395. The minimum Gasteiger partial charge on any atom is -0.394 e. The van der Waals surface area contributed by atoms with Gasteiger partial charge >= 0.3 is 0 Å². The second kappa shape index (κ2) is 6.16. The second-order valence-electron chi connectivity index (χ2n) is 4.76. The molecule has 0 saturated carbocycles. The van der Waals surface area contributed by atoms with Gasteiger partial charge in [0.05, 0.1) is 12.1 Å². The lowest BCUT2D eigenvalue weighted by molar-refractivity contribution is -0.130. The standard InChI is InChI=1S/C14H18BrNO2/c1-14(2,10-17)16(3)13(18)8-7-11-5-4-6-12(15)9-11/h4-9,17H,10H2,1-3H3/b8-7+. The molecule has 98 valence electrons. The first-order chi connectivity index (χ1) is 8.36. The van der Waals surface area contributed by atoms with E-state index in [1.54, 1.807) is 13.1 Å². The number of carbonyl (C=O) groups is 1. The molecule has 0 aromatic heterocycles. The van der Waals surface area contributed by atoms with Crippen molar-refractivity contribution >= 4 is 27.9 Å². The Morgan fingerprint density at radius 3 is 2.72 bits per heavy atom. The van der Waals surface area contributed by atoms with Gasteiger partial charge in [0.15, 0.2) is 0 Å². The van der Waals surface area contributed by atoms with Crippen LogP contribution in [0.3, 0.4) is 0 Å². The van der Waals surface area contributed by atoms with Crippen LogP contribution in [0.4, 0.5) is 0 Å². The molecular formula is C14H18BrNO2. The molecule has 0 bridgehead atoms. The SMILES string of the molecule is CN(C(=O)/C=C/c1cccc(Br)c1)C(C)(C)CO. The number of benzene rings is 1. The summed E-state index contributed by atoms with van der Waals surface area (Å²) < 4.78 is 0.973. The predicted octanol–water partition coefficient (Wildman–Crippen LogP) is 2.69. The zero-order chi connectivity index (χ0) is 13.8. The van der Waals surface area contributed by atoms with E-state index in [0.29, 0.717) is 0 Å². The van der Waals surface area contributed by atoms with Crippen LogP contribution in [0.15, 0.2) is 34.8 Å². The van der Waals surface area contributed by atoms with Crippen LogP contribution in [0, 0.1) is 0 Å². The third-order valence-electron chi connectivity index (χ3n) is 2.89. The van der Waals surface area contributed by atoms with Crippen molar-refractivity contribution in [2.75, 3.05) is 13.7 Å². The Bertz CT molecular complexity index is 455. The van der Waals surface area contributed by atoms with E-state index in [4.69, 9.17) is 0 Å². The Hall–Kier alpha value is -1.13. The van der Waals surface area contributed by atoms with Crippen LogP contribution in [0.2, 0.25) is 0 Å². The molecule has 18 heavy (non-hydrogen) atoms. The van der Waals surface area contributed by atoms with Crippen LogP contribution >= 0.6 is 15.9 Å². The number of carbonyl (C=O) groups excluding carboxylic acids is 1. The fraction of sp³-hybridized carbons (Fsp3) is 0.357. The Morgan fingerprint density at radius 2 is 2.17 bits per heavy atom. The van der Waals surface area contributed by atoms with Crippen molar-refractivity contribution < 1.29 is 9.90 Å². The van der Waals surface area contributed by atoms with Gasteiger partial charge in [-0.15, -0.1) is 0 Å². The first kappa shape index (κ1) is 14.9. The molecule has 1 rings (SSSR count). The van der Waals surface area contributed by atoms with E-state index >= 15 is 0 Å². The summed E-state index contributed by atoms with van der Waals surface area (Å²) in [7, 11) is 1.68. The summed E-state index contributed by atoms with van der Waals surface area (Å²) in [4.78, 5) is 13.5. The van der Waals surface area contributed by atoms with Crippen LogP contribution in [0.5, 0.6) is 0 Å². The monoisotopic (exact) mass is 311 g/mol. The fourth-order valence-electron chi connectivity index (χ4n) is 1.29. The van der Waals surface area contributed by atoms with Crippen LogP contribution in [0.1, 0.15) is 19.4 Å². The van der Waals surface area contributed by atoms with Crippen molar-refractivity contribution in [3.8, 4) is 0 Å². The van der Waals surface area contributed by atoms with Crippen molar-refractivity contribution in [1.82, 2.24) is 4.90 Å². The third-order valence-corrected chi connectivity index (χ3v) is 3.39. The van der Waals surface area contributed by atoms with Gasteiger partial charge in [-0.3, -0.25) is 4.79 Å². The topological polar surface area (TPSA) is 40.5 Å². The van der Waals surface area contributed by atoms with Crippen molar-refractivity contribution in [1.29, 1.82) is 0 Å². The van der Waals surface area contributed by atoms with Gasteiger partial charge < -0.3 is 10.0 Å². The molecule has 0 fully saturated rings. The molecule has 1 N–H and O–H groups in total. The van der Waals surface area contributed by atoms with E-state index < -0.39 is 5.54 Å². The van der Waals surface area contributed by atoms with E-state index in [-0.39, 0.29) is 12.5 Å². The fourth-order valence-corrected chi connectivity index (χ4v) is 1.71. The number of aliphatic hydroxyl groups excluding tert-OH is 1. The molecule has 3 nitrogen and oxygen atoms in total. The second-order valence-corrected chi connectivity index (χ2v) is 5.67. The molecule has 0 unspecified atom stereocenters. The van der Waals surface area contributed by atoms with Crippen LogP contribution in [0.25, 0.3) is 6.08 Å². The van der Waals surface area contributed by atoms with Crippen molar-refractivity contribution in [3.63, 3.8) is 0 Å². The number of hydrogen-bond acceptors (Lipinski definition) is 2. The summed E-state index contributed by atoms with van der Waals surface area (Å²) in [5, 5.41) is 9.21. The maximum absolute atomic E-state index is 11.9. The zero-order valence-corrected chi connectivity index (χ0v) is 12.4. The molecule has 1 amide bonds. The minimum absolute atomic E-state index is 0.0695. The van der Waals surface area contributed by atoms with E-state index in [1.165, 1.54) is 11.0 Å². The third kappa shape index (κ3) is 3.96. The summed E-state index contributed by atoms with van der Waals surface area (Å²) in [6.07, 6.45) is 3.27. The Kier molecular flexibility index (Phi) is 5.11. The lowest BCUT2D eigenvalue weighted by atomic mass is 10.1. The average molecular weight is 312 g/mol. The summed E-state index contributed by atoms with van der Waals surface area (Å²) in [6.45, 7) is 3.57. The molecule has 0 heterocycles. The molecule has 4 heteroatoms. The number of likely N-dealkylation sites (N-methyl/N-ethyl adjacent to an activating group) is 1. The van der Waals surface area contributed by atoms with Gasteiger partial charge in [-0.05, 0) is 37.6 Å². The lowest BCUT2D eigenvalue weighted by Gasteiger charge is -2.33. The smallest absolute Gasteiger partial charge is 0.246 e. The molecule has 1 aromatic rings. The highest BCUT2D eigenvalue weighted by Gasteiger charge is 2.25. The van der Waals surface area contributed by atoms with Gasteiger partial charge in [-0.25, -0.2) is 0 Å². The Morgan fingerprint density at radius 1 is 1.50 bits per heavy atom. The first-order valence-electron chi connectivity index (χ1n) is 5.69. The van der Waals surface area contributed by atoms with Crippen LogP contribution < -0.4 is 0 Å². The molecular weight excluding hydrogens is 294 g/mol. The van der Waals surface area contributed by atoms with E-state index in [2.05, 4.69) is 15.9 Å². The van der Waals surface area contributed by atoms with Gasteiger partial charge in [-0.2, -0.15) is 0 Å². The molecule has 0 aliphatic carbocycles. The van der Waals surface area contributed by atoms with Gasteiger partial charge in [0, 0.05) is 17.6 Å². The molecule has 0 aliphatic heterocycles. The average Bonchev–Trinajstić information content (AvgIpc) is 2.35. The number of hydrogen-bond donors (Lipinski definition) is 1. The van der Waals surface area contributed by atoms with Gasteiger partial charge in [0.2, 0.25) is 5.91 Å². The molecule has 0 radical (unpaired) electrons. The molecule has 0 atom stereocenters. The van der Waals surface area contributed by atoms with Crippen molar-refractivity contribution in [2.24, 2.45) is 0 Å². The summed E-state index contributed by atoms with van der Waals surface area (Å²) in [6, 6.07) is 7.70. The maximum Gasteiger partial charge on any atom is 0.246 e. The number of aliphatic hydroxyl groups is 1. The van der Waals surface area contributed by atoms with E-state index in [0.717, 1.165) is 10.0 Å². The molecule has 1 aromatic carbocycles. The number of amides is 1. The van der Waals surface area contributed by atoms with Crippen molar-refractivity contribution in [2.45, 2.75) is 19.4 Å². The molecule has 0 saturated heterocycles. The Balaban J connectivity index is 2.76. The quantitative estimate of drug-likeness (QED) is 0.869. The normalized spacial score (nSPS) is 11.8. The minimum atomic E-state index is -0.557. The van der Waals surface area contributed by atoms with Gasteiger partial charge in [0.1, 0.15) is 0 Å². The number of halogens is 1. The highest BCUT2D eigenvalue weighted by atomic mass is 79.9. The highest BCUT2D eigenvalue weighted by molar-refractivity contribution is 9.10. The first-order valence-corrected chi connectivity index (χ1v) is 6.48. The summed E-state index contributed by atoms with van der Waals surface area (Å²) in [5.74, 6) is -0.131. The molecule has 0 spiro atoms. The van der Waals surface area contributed by atoms with E-state index in [9.17, 15) is 9.90 Å². The van der Waals surface area contributed by atoms with E-state index in [1.807, 2.05) is 38.1 Å². The zero-order valence-electron chi connectivity index (χ0n) is 10.9. The highest BCUT2D eigenvalue weighted by Crippen LogP contribution is 2.14.